The van der Waals surface area contributed by atoms with Crippen LogP contribution in [0.1, 0.15) is 0 Å². The Morgan fingerprint density at radius 3 is 1.41 bits per heavy atom. The fourth-order valence-electron chi connectivity index (χ4n) is 3.25. The van der Waals surface area contributed by atoms with Crippen LogP contribution in [0.4, 0.5) is 0 Å². The predicted molar refractivity (Wildman–Crippen MR) is 99.3 cm³/mol. The van der Waals surface area contributed by atoms with E-state index < -0.39 is 0 Å². The van der Waals surface area contributed by atoms with Crippen LogP contribution in [0.25, 0.3) is 32.9 Å². The molecule has 2 aromatic heterocycles. The minimum absolute atomic E-state index is 0.966. The Balaban J connectivity index is 2.22. The van der Waals surface area contributed by atoms with Crippen molar-refractivity contribution in [1.29, 1.82) is 0 Å². The number of hydrogen-bond acceptors (Lipinski definition) is 2. The zero-order chi connectivity index (χ0) is 15.4. The molecular formula is C18H16N2S2. The number of hydrogen-bond donors (Lipinski definition) is 2. The quantitative estimate of drug-likeness (QED) is 0.461. The monoisotopic (exact) mass is 324 g/mol. The molecule has 0 atom stereocenters. The summed E-state index contributed by atoms with van der Waals surface area (Å²) in [6, 6.07) is 16.8. The topological polar surface area (TPSA) is 9.86 Å². The standard InChI is InChI=1S/C18H16N2S2/c1-19-13-9-5-3-7-11(13)15(17(19)21)16-12-8-4-6-10-14(12)20(2)18(16)22/h3-10,21-22H,1-2H3. The molecule has 2 aromatic carbocycles. The Morgan fingerprint density at radius 1 is 0.636 bits per heavy atom. The van der Waals surface area contributed by atoms with Crippen LogP contribution in [0.15, 0.2) is 58.6 Å². The molecule has 0 aliphatic heterocycles. The minimum Gasteiger partial charge on any atom is -0.339 e. The molecular weight excluding hydrogens is 308 g/mol. The first-order valence-electron chi connectivity index (χ1n) is 7.14. The first-order chi connectivity index (χ1) is 10.6. The number of rotatable bonds is 1. The number of thiol groups is 2. The number of aryl methyl sites for hydroxylation is 2. The van der Waals surface area contributed by atoms with Crippen LogP contribution in [0.2, 0.25) is 0 Å². The highest BCUT2D eigenvalue weighted by Gasteiger charge is 2.21. The summed E-state index contributed by atoms with van der Waals surface area (Å²) in [7, 11) is 4.11. The summed E-state index contributed by atoms with van der Waals surface area (Å²) < 4.78 is 4.26. The second kappa shape index (κ2) is 4.86. The van der Waals surface area contributed by atoms with E-state index in [9.17, 15) is 0 Å². The van der Waals surface area contributed by atoms with Gasteiger partial charge in [-0.05, 0) is 12.1 Å². The van der Waals surface area contributed by atoms with E-state index in [0.29, 0.717) is 0 Å². The molecule has 4 rings (SSSR count). The summed E-state index contributed by atoms with van der Waals surface area (Å²) >= 11 is 9.57. The van der Waals surface area contributed by atoms with E-state index in [1.807, 2.05) is 0 Å². The molecule has 0 radical (unpaired) electrons. The molecule has 0 aliphatic carbocycles. The molecule has 110 valence electrons. The Morgan fingerprint density at radius 2 is 1.00 bits per heavy atom. The van der Waals surface area contributed by atoms with Crippen molar-refractivity contribution < 1.29 is 0 Å². The van der Waals surface area contributed by atoms with Crippen molar-refractivity contribution >= 4 is 47.1 Å². The van der Waals surface area contributed by atoms with Crippen molar-refractivity contribution in [2.24, 2.45) is 14.1 Å². The molecule has 0 fully saturated rings. The molecule has 0 aliphatic rings. The smallest absolute Gasteiger partial charge is 0.0806 e. The van der Waals surface area contributed by atoms with Gasteiger partial charge in [0.05, 0.1) is 10.1 Å². The van der Waals surface area contributed by atoms with Crippen LogP contribution in [0, 0.1) is 0 Å². The van der Waals surface area contributed by atoms with Gasteiger partial charge in [0.25, 0.3) is 0 Å². The summed E-state index contributed by atoms with van der Waals surface area (Å²) in [5.74, 6) is 0. The highest BCUT2D eigenvalue weighted by atomic mass is 32.1. The lowest BCUT2D eigenvalue weighted by Crippen LogP contribution is -1.88. The summed E-state index contributed by atoms with van der Waals surface area (Å²) in [6.45, 7) is 0. The maximum atomic E-state index is 4.78. The maximum Gasteiger partial charge on any atom is 0.0806 e. The van der Waals surface area contributed by atoms with Gasteiger partial charge in [-0.1, -0.05) is 36.4 Å². The molecule has 0 bridgehead atoms. The van der Waals surface area contributed by atoms with Gasteiger partial charge in [-0.25, -0.2) is 0 Å². The third kappa shape index (κ3) is 1.71. The van der Waals surface area contributed by atoms with Gasteiger partial charge in [0.15, 0.2) is 0 Å². The predicted octanol–water partition coefficient (Wildman–Crippen LogP) is 4.91. The SMILES string of the molecule is Cn1c(S)c(-c2c(S)n(C)c3ccccc23)c2ccccc21. The Kier molecular flexibility index (Phi) is 3.06. The van der Waals surface area contributed by atoms with Gasteiger partial charge in [-0.3, -0.25) is 0 Å². The van der Waals surface area contributed by atoms with Crippen LogP contribution in [0.5, 0.6) is 0 Å². The zero-order valence-corrected chi connectivity index (χ0v) is 14.2. The summed E-state index contributed by atoms with van der Waals surface area (Å²) in [6.07, 6.45) is 0. The maximum absolute atomic E-state index is 4.78. The van der Waals surface area contributed by atoms with E-state index in [1.54, 1.807) is 0 Å². The summed E-state index contributed by atoms with van der Waals surface area (Å²) in [5, 5.41) is 4.35. The molecule has 0 unspecified atom stereocenters. The molecule has 4 aromatic rings. The second-order valence-electron chi connectivity index (χ2n) is 5.55. The third-order valence-corrected chi connectivity index (χ3v) is 5.45. The van der Waals surface area contributed by atoms with Crippen LogP contribution in [0.3, 0.4) is 0 Å². The second-order valence-corrected chi connectivity index (χ2v) is 6.40. The average molecular weight is 324 g/mol. The van der Waals surface area contributed by atoms with Gasteiger partial charge in [-0.2, -0.15) is 0 Å². The fourth-order valence-corrected chi connectivity index (χ4v) is 3.93. The number of aromatic nitrogens is 2. The first kappa shape index (κ1) is 13.9. The molecule has 22 heavy (non-hydrogen) atoms. The van der Waals surface area contributed by atoms with Crippen LogP contribution >= 0.6 is 25.3 Å². The average Bonchev–Trinajstić information content (AvgIpc) is 2.94. The first-order valence-corrected chi connectivity index (χ1v) is 8.04. The van der Waals surface area contributed by atoms with E-state index >= 15 is 0 Å². The van der Waals surface area contributed by atoms with Gasteiger partial charge >= 0.3 is 0 Å². The molecule has 0 saturated heterocycles. The Hall–Kier alpha value is -1.78. The molecule has 0 amide bonds. The Labute approximate surface area is 140 Å². The zero-order valence-electron chi connectivity index (χ0n) is 12.4. The third-order valence-electron chi connectivity index (χ3n) is 4.40. The van der Waals surface area contributed by atoms with E-state index in [1.165, 1.54) is 21.8 Å². The van der Waals surface area contributed by atoms with Gasteiger partial charge in [0.2, 0.25) is 0 Å². The van der Waals surface area contributed by atoms with Crippen molar-refractivity contribution in [1.82, 2.24) is 9.13 Å². The lowest BCUT2D eigenvalue weighted by Gasteiger charge is -2.03. The molecule has 0 spiro atoms. The number of nitrogens with zero attached hydrogens (tertiary/aromatic N) is 2. The van der Waals surface area contributed by atoms with Crippen molar-refractivity contribution in [3.05, 3.63) is 48.5 Å². The molecule has 0 saturated carbocycles. The van der Waals surface area contributed by atoms with Crippen molar-refractivity contribution in [3.8, 4) is 11.1 Å². The normalized spacial score (nSPS) is 11.6. The summed E-state index contributed by atoms with van der Waals surface area (Å²) in [4.78, 5) is 0. The Bertz CT molecular complexity index is 941. The van der Waals surface area contributed by atoms with Crippen molar-refractivity contribution in [2.45, 2.75) is 10.1 Å². The lowest BCUT2D eigenvalue weighted by molar-refractivity contribution is 0.856. The van der Waals surface area contributed by atoms with Gasteiger partial charge in [-0.15, -0.1) is 25.3 Å². The van der Waals surface area contributed by atoms with Crippen LogP contribution in [-0.4, -0.2) is 9.13 Å². The van der Waals surface area contributed by atoms with Crippen LogP contribution in [-0.2, 0) is 14.1 Å². The lowest BCUT2D eigenvalue weighted by atomic mass is 10.0. The van der Waals surface area contributed by atoms with E-state index in [4.69, 9.17) is 25.3 Å². The van der Waals surface area contributed by atoms with Crippen LogP contribution < -0.4 is 0 Å². The van der Waals surface area contributed by atoms with E-state index in [-0.39, 0.29) is 0 Å². The highest BCUT2D eigenvalue weighted by molar-refractivity contribution is 7.80. The fraction of sp³-hybridized carbons (Fsp3) is 0.111. The molecule has 2 nitrogen and oxygen atoms in total. The van der Waals surface area contributed by atoms with Crippen molar-refractivity contribution in [3.63, 3.8) is 0 Å². The minimum atomic E-state index is 0.966. The molecule has 4 heteroatoms. The van der Waals surface area contributed by atoms with E-state index in [0.717, 1.165) is 21.2 Å². The molecule has 2 heterocycles. The summed E-state index contributed by atoms with van der Waals surface area (Å²) in [5.41, 5.74) is 4.68. The largest absolute Gasteiger partial charge is 0.339 e. The number of para-hydroxylation sites is 2. The van der Waals surface area contributed by atoms with E-state index in [2.05, 4.69) is 71.8 Å². The van der Waals surface area contributed by atoms with Crippen molar-refractivity contribution in [2.75, 3.05) is 0 Å². The van der Waals surface area contributed by atoms with Gasteiger partial charge in [0, 0.05) is 47.0 Å². The number of fused-ring (bicyclic) bond motifs is 2. The van der Waals surface area contributed by atoms with Gasteiger partial charge < -0.3 is 9.13 Å². The van der Waals surface area contributed by atoms with Gasteiger partial charge in [0.1, 0.15) is 0 Å². The number of benzene rings is 2. The molecule has 0 N–H and O–H groups in total. The highest BCUT2D eigenvalue weighted by Crippen LogP contribution is 2.43.